The van der Waals surface area contributed by atoms with Gasteiger partial charge in [0.15, 0.2) is 11.6 Å². The van der Waals surface area contributed by atoms with Crippen molar-refractivity contribution >= 4 is 0 Å². The number of ether oxygens (including phenoxy) is 1. The molecule has 2 aliphatic heterocycles. The first-order chi connectivity index (χ1) is 14.1. The van der Waals surface area contributed by atoms with Gasteiger partial charge in [0.05, 0.1) is 12.7 Å². The first kappa shape index (κ1) is 18.1. The number of nitrogens with zero attached hydrogens (tertiary/aromatic N) is 3. The van der Waals surface area contributed by atoms with Crippen LogP contribution in [0.15, 0.2) is 47.5 Å². The smallest absolute Gasteiger partial charge is 0.261 e. The third-order valence-electron chi connectivity index (χ3n) is 6.08. The minimum Gasteiger partial charge on any atom is -0.493 e. The second-order valence-electron chi connectivity index (χ2n) is 7.95. The second kappa shape index (κ2) is 7.15. The van der Waals surface area contributed by atoms with E-state index in [9.17, 15) is 9.18 Å². The molecule has 2 aromatic heterocycles. The quantitative estimate of drug-likeness (QED) is 0.739. The van der Waals surface area contributed by atoms with Gasteiger partial charge in [-0.05, 0) is 30.5 Å². The Kier molecular flexibility index (Phi) is 4.47. The van der Waals surface area contributed by atoms with E-state index in [2.05, 4.69) is 20.9 Å². The average Bonchev–Trinajstić information content (AvgIpc) is 3.23. The predicted molar refractivity (Wildman–Crippen MR) is 107 cm³/mol. The molecule has 7 heteroatoms. The zero-order chi connectivity index (χ0) is 20.0. The number of pyridine rings is 1. The van der Waals surface area contributed by atoms with Crippen LogP contribution in [0.5, 0.6) is 5.75 Å². The van der Waals surface area contributed by atoms with Gasteiger partial charge in [0.25, 0.3) is 5.56 Å². The van der Waals surface area contributed by atoms with E-state index < -0.39 is 0 Å². The lowest BCUT2D eigenvalue weighted by Gasteiger charge is -2.43. The fourth-order valence-corrected chi connectivity index (χ4v) is 4.91. The fraction of sp³-hybridized carbons (Fsp3) is 0.364. The van der Waals surface area contributed by atoms with Crippen molar-refractivity contribution in [2.24, 2.45) is 5.92 Å². The molecule has 2 bridgehead atoms. The number of aromatic nitrogens is 3. The molecule has 0 saturated carbocycles. The highest BCUT2D eigenvalue weighted by Gasteiger charge is 2.35. The highest BCUT2D eigenvalue weighted by atomic mass is 19.1. The van der Waals surface area contributed by atoms with E-state index in [4.69, 9.17) is 4.74 Å². The van der Waals surface area contributed by atoms with E-state index in [0.717, 1.165) is 30.8 Å². The molecule has 2 atom stereocenters. The zero-order valence-corrected chi connectivity index (χ0v) is 16.3. The number of imidazole rings is 1. The molecule has 29 heavy (non-hydrogen) atoms. The molecule has 0 amide bonds. The number of hydrogen-bond acceptors (Lipinski definition) is 4. The Morgan fingerprint density at radius 2 is 2.14 bits per heavy atom. The van der Waals surface area contributed by atoms with Crippen LogP contribution in [0.1, 0.15) is 23.6 Å². The number of H-pyrrole nitrogens is 1. The van der Waals surface area contributed by atoms with Crippen molar-refractivity contribution in [3.8, 4) is 17.1 Å². The van der Waals surface area contributed by atoms with E-state index in [1.165, 1.54) is 13.2 Å². The summed E-state index contributed by atoms with van der Waals surface area (Å²) in [5, 5.41) is 0. The van der Waals surface area contributed by atoms with Crippen LogP contribution < -0.4 is 10.3 Å². The van der Waals surface area contributed by atoms with Gasteiger partial charge in [-0.2, -0.15) is 0 Å². The highest BCUT2D eigenvalue weighted by molar-refractivity contribution is 5.53. The predicted octanol–water partition coefficient (Wildman–Crippen LogP) is 3.01. The molecule has 6 nitrogen and oxygen atoms in total. The molecular weight excluding hydrogens is 371 g/mol. The summed E-state index contributed by atoms with van der Waals surface area (Å²) in [6, 6.07) is 9.00. The van der Waals surface area contributed by atoms with Crippen molar-refractivity contribution < 1.29 is 9.13 Å². The maximum Gasteiger partial charge on any atom is 0.261 e. The van der Waals surface area contributed by atoms with Gasteiger partial charge in [-0.1, -0.05) is 12.1 Å². The molecule has 0 spiro atoms. The third-order valence-corrected chi connectivity index (χ3v) is 6.08. The van der Waals surface area contributed by atoms with Crippen molar-refractivity contribution in [1.82, 2.24) is 19.4 Å². The van der Waals surface area contributed by atoms with Crippen molar-refractivity contribution in [3.63, 3.8) is 0 Å². The number of nitrogens with one attached hydrogen (secondary N) is 1. The van der Waals surface area contributed by atoms with Crippen molar-refractivity contribution in [2.75, 3.05) is 20.2 Å². The number of fused-ring (bicyclic) bond motifs is 4. The summed E-state index contributed by atoms with van der Waals surface area (Å²) >= 11 is 0. The molecule has 5 rings (SSSR count). The molecule has 150 valence electrons. The van der Waals surface area contributed by atoms with Crippen LogP contribution in [-0.2, 0) is 13.1 Å². The number of hydrogen-bond donors (Lipinski definition) is 1. The lowest BCUT2D eigenvalue weighted by molar-refractivity contribution is 0.113. The molecule has 0 radical (unpaired) electrons. The van der Waals surface area contributed by atoms with Crippen LogP contribution in [0.2, 0.25) is 0 Å². The van der Waals surface area contributed by atoms with Crippen LogP contribution in [0.3, 0.4) is 0 Å². The van der Waals surface area contributed by atoms with Crippen LogP contribution in [-0.4, -0.2) is 39.6 Å². The fourth-order valence-electron chi connectivity index (χ4n) is 4.91. The number of para-hydroxylation sites is 1. The minimum absolute atomic E-state index is 0.0207. The van der Waals surface area contributed by atoms with E-state index in [0.29, 0.717) is 42.1 Å². The first-order valence-electron chi connectivity index (χ1n) is 9.91. The normalized spacial score (nSPS) is 21.0. The molecule has 1 aromatic carbocycles. The number of halogens is 1. The van der Waals surface area contributed by atoms with Crippen molar-refractivity contribution in [2.45, 2.75) is 25.4 Å². The number of methoxy groups -OCH3 is 1. The first-order valence-corrected chi connectivity index (χ1v) is 9.91. The minimum atomic E-state index is -0.329. The summed E-state index contributed by atoms with van der Waals surface area (Å²) in [5.41, 5.74) is 2.57. The molecule has 2 aliphatic rings. The molecule has 4 heterocycles. The van der Waals surface area contributed by atoms with E-state index in [-0.39, 0.29) is 11.4 Å². The SMILES string of the molecule is COc1c(F)cccc1CN1C[C@@H]2C[C@H](C1)c1ccc(-c3ncc[nH]3)c(=O)n1C2. The Balaban J connectivity index is 1.43. The molecule has 1 fully saturated rings. The van der Waals surface area contributed by atoms with Gasteiger partial charge in [0.1, 0.15) is 5.82 Å². The van der Waals surface area contributed by atoms with Crippen molar-refractivity contribution in [3.05, 3.63) is 70.2 Å². The summed E-state index contributed by atoms with van der Waals surface area (Å²) in [4.78, 5) is 22.7. The van der Waals surface area contributed by atoms with Gasteiger partial charge < -0.3 is 14.3 Å². The van der Waals surface area contributed by atoms with E-state index in [1.807, 2.05) is 16.7 Å². The Morgan fingerprint density at radius 3 is 2.93 bits per heavy atom. The zero-order valence-electron chi connectivity index (χ0n) is 16.3. The Labute approximate surface area is 168 Å². The summed E-state index contributed by atoms with van der Waals surface area (Å²) in [6.45, 7) is 3.07. The number of piperidine rings is 1. The lowest BCUT2D eigenvalue weighted by atomic mass is 9.82. The van der Waals surface area contributed by atoms with Crippen molar-refractivity contribution in [1.29, 1.82) is 0 Å². The topological polar surface area (TPSA) is 63.1 Å². The number of benzene rings is 1. The Bertz CT molecular complexity index is 1090. The van der Waals surface area contributed by atoms with Gasteiger partial charge in [0.2, 0.25) is 0 Å². The van der Waals surface area contributed by atoms with Crippen LogP contribution in [0.25, 0.3) is 11.4 Å². The summed E-state index contributed by atoms with van der Waals surface area (Å²) < 4.78 is 21.2. The van der Waals surface area contributed by atoms with Crippen LogP contribution in [0.4, 0.5) is 4.39 Å². The number of likely N-dealkylation sites (tertiary alicyclic amines) is 1. The van der Waals surface area contributed by atoms with Crippen LogP contribution in [0, 0.1) is 11.7 Å². The standard InChI is InChI=1S/C22H23FN4O2/c1-29-20-15(3-2-4-18(20)23)12-26-10-14-9-16(13-26)19-6-5-17(21-24-7-8-25-21)22(28)27(19)11-14/h2-8,14,16H,9-13H2,1H3,(H,24,25)/t14-,16+/m0/s1. The lowest BCUT2D eigenvalue weighted by Crippen LogP contribution is -2.47. The van der Waals surface area contributed by atoms with E-state index in [1.54, 1.807) is 18.5 Å². The summed E-state index contributed by atoms with van der Waals surface area (Å²) in [7, 11) is 1.51. The summed E-state index contributed by atoms with van der Waals surface area (Å²) in [5.74, 6) is 1.29. The average molecular weight is 394 g/mol. The molecule has 1 saturated heterocycles. The van der Waals surface area contributed by atoms with Gasteiger partial charge in [-0.15, -0.1) is 0 Å². The highest BCUT2D eigenvalue weighted by Crippen LogP contribution is 2.37. The van der Waals surface area contributed by atoms with Gasteiger partial charge in [-0.25, -0.2) is 9.37 Å². The van der Waals surface area contributed by atoms with Gasteiger partial charge in [0, 0.05) is 55.7 Å². The largest absolute Gasteiger partial charge is 0.493 e. The second-order valence-corrected chi connectivity index (χ2v) is 7.95. The monoisotopic (exact) mass is 394 g/mol. The maximum absolute atomic E-state index is 14.0. The molecule has 3 aromatic rings. The molecular formula is C22H23FN4O2. The Morgan fingerprint density at radius 1 is 1.24 bits per heavy atom. The number of aromatic amines is 1. The number of rotatable bonds is 4. The molecule has 1 N–H and O–H groups in total. The molecule has 0 unspecified atom stereocenters. The van der Waals surface area contributed by atoms with Crippen LogP contribution >= 0.6 is 0 Å². The van der Waals surface area contributed by atoms with Gasteiger partial charge in [-0.3, -0.25) is 9.69 Å². The maximum atomic E-state index is 14.0. The Hall–Kier alpha value is -2.93. The van der Waals surface area contributed by atoms with Gasteiger partial charge >= 0.3 is 0 Å². The summed E-state index contributed by atoms with van der Waals surface area (Å²) in [6.07, 6.45) is 4.47. The van der Waals surface area contributed by atoms with E-state index >= 15 is 0 Å². The molecule has 0 aliphatic carbocycles. The third kappa shape index (κ3) is 3.15.